The molecular formula is C18H28ClN3O2. The van der Waals surface area contributed by atoms with Crippen LogP contribution in [0.5, 0.6) is 0 Å². The summed E-state index contributed by atoms with van der Waals surface area (Å²) in [6.07, 6.45) is 5.82. The van der Waals surface area contributed by atoms with E-state index < -0.39 is 0 Å². The van der Waals surface area contributed by atoms with Gasteiger partial charge in [0.1, 0.15) is 0 Å². The minimum absolute atomic E-state index is 0.169. The molecule has 0 spiro atoms. The van der Waals surface area contributed by atoms with Crippen LogP contribution in [0.2, 0.25) is 5.02 Å². The summed E-state index contributed by atoms with van der Waals surface area (Å²) in [5, 5.41) is 8.56. The largest absolute Gasteiger partial charge is 0.338 e. The second-order valence-electron chi connectivity index (χ2n) is 6.35. The van der Waals surface area contributed by atoms with E-state index in [9.17, 15) is 9.59 Å². The average molecular weight is 354 g/mol. The molecule has 0 aliphatic heterocycles. The van der Waals surface area contributed by atoms with Gasteiger partial charge in [0.05, 0.1) is 10.7 Å². The Hall–Kier alpha value is -1.75. The van der Waals surface area contributed by atoms with Crippen molar-refractivity contribution in [3.8, 4) is 0 Å². The van der Waals surface area contributed by atoms with E-state index in [0.29, 0.717) is 22.9 Å². The van der Waals surface area contributed by atoms with E-state index in [1.54, 1.807) is 18.2 Å². The van der Waals surface area contributed by atoms with E-state index in [1.807, 2.05) is 0 Å². The molecule has 0 fully saturated rings. The van der Waals surface area contributed by atoms with Crippen molar-refractivity contribution in [3.63, 3.8) is 0 Å². The lowest BCUT2D eigenvalue weighted by Gasteiger charge is -2.10. The maximum Gasteiger partial charge on any atom is 0.319 e. The van der Waals surface area contributed by atoms with Crippen molar-refractivity contribution in [2.24, 2.45) is 5.92 Å². The Balaban J connectivity index is 2.26. The number of benzene rings is 1. The third-order valence-corrected chi connectivity index (χ3v) is 3.84. The number of nitrogens with one attached hydrogen (secondary N) is 3. The zero-order valence-corrected chi connectivity index (χ0v) is 15.5. The van der Waals surface area contributed by atoms with Gasteiger partial charge < -0.3 is 16.0 Å². The summed E-state index contributed by atoms with van der Waals surface area (Å²) in [5.41, 5.74) is 1.11. The third kappa shape index (κ3) is 8.77. The van der Waals surface area contributed by atoms with Crippen LogP contribution in [0.15, 0.2) is 18.2 Å². The maximum atomic E-state index is 11.9. The molecule has 3 amide bonds. The van der Waals surface area contributed by atoms with Crippen molar-refractivity contribution >= 4 is 34.9 Å². The molecule has 0 saturated heterocycles. The number of carbonyl (C=O) groups excluding carboxylic acids is 2. The normalized spacial score (nSPS) is 10.5. The highest BCUT2D eigenvalue weighted by Gasteiger charge is 2.06. The number of amides is 3. The van der Waals surface area contributed by atoms with Gasteiger partial charge in [-0.05, 0) is 30.5 Å². The van der Waals surface area contributed by atoms with Crippen LogP contribution in [-0.4, -0.2) is 18.5 Å². The first-order valence-corrected chi connectivity index (χ1v) is 8.88. The second-order valence-corrected chi connectivity index (χ2v) is 6.76. The van der Waals surface area contributed by atoms with Crippen LogP contribution in [0, 0.1) is 5.92 Å². The van der Waals surface area contributed by atoms with E-state index in [-0.39, 0.29) is 11.9 Å². The molecule has 3 N–H and O–H groups in total. The molecule has 6 heteroatoms. The maximum absolute atomic E-state index is 11.9. The lowest BCUT2D eigenvalue weighted by atomic mass is 10.0. The zero-order valence-electron chi connectivity index (χ0n) is 14.7. The predicted molar refractivity (Wildman–Crippen MR) is 101 cm³/mol. The standard InChI is InChI=1S/C18H28ClN3O2/c1-13(2)8-6-4-5-7-11-20-18(24)22-17-10-9-15(12-16(17)19)21-14(3)23/h9-10,12-13H,4-8,11H2,1-3H3,(H,21,23)(H2,20,22,24). The molecule has 0 aromatic heterocycles. The second kappa shape index (κ2) is 10.9. The Kier molecular flexibility index (Phi) is 9.23. The fourth-order valence-electron chi connectivity index (χ4n) is 2.30. The number of hydrogen-bond donors (Lipinski definition) is 3. The van der Waals surface area contributed by atoms with Crippen molar-refractivity contribution in [3.05, 3.63) is 23.2 Å². The predicted octanol–water partition coefficient (Wildman–Crippen LogP) is 5.03. The minimum atomic E-state index is -0.272. The molecule has 0 radical (unpaired) electrons. The fraction of sp³-hybridized carbons (Fsp3) is 0.556. The first-order valence-electron chi connectivity index (χ1n) is 8.50. The highest BCUT2D eigenvalue weighted by molar-refractivity contribution is 6.34. The molecular weight excluding hydrogens is 326 g/mol. The van der Waals surface area contributed by atoms with Crippen molar-refractivity contribution < 1.29 is 9.59 Å². The summed E-state index contributed by atoms with van der Waals surface area (Å²) in [5.74, 6) is 0.591. The summed E-state index contributed by atoms with van der Waals surface area (Å²) in [6.45, 7) is 6.55. The molecule has 0 aliphatic carbocycles. The van der Waals surface area contributed by atoms with Crippen molar-refractivity contribution in [1.29, 1.82) is 0 Å². The molecule has 0 bridgehead atoms. The first kappa shape index (κ1) is 20.3. The van der Waals surface area contributed by atoms with Gasteiger partial charge in [0.15, 0.2) is 0 Å². The number of carbonyl (C=O) groups is 2. The Labute approximate surface area is 149 Å². The molecule has 1 rings (SSSR count). The smallest absolute Gasteiger partial charge is 0.319 e. The number of urea groups is 1. The summed E-state index contributed by atoms with van der Waals surface area (Å²) >= 11 is 6.11. The highest BCUT2D eigenvalue weighted by atomic mass is 35.5. The third-order valence-electron chi connectivity index (χ3n) is 3.53. The molecule has 0 aliphatic rings. The van der Waals surface area contributed by atoms with Crippen molar-refractivity contribution in [2.75, 3.05) is 17.2 Å². The quantitative estimate of drug-likeness (QED) is 0.545. The van der Waals surface area contributed by atoms with E-state index in [4.69, 9.17) is 11.6 Å². The van der Waals surface area contributed by atoms with Crippen LogP contribution in [0.1, 0.15) is 52.9 Å². The average Bonchev–Trinajstić information content (AvgIpc) is 2.48. The Morgan fingerprint density at radius 1 is 1.08 bits per heavy atom. The molecule has 1 aromatic rings. The highest BCUT2D eigenvalue weighted by Crippen LogP contribution is 2.25. The van der Waals surface area contributed by atoms with Gasteiger partial charge in [0.2, 0.25) is 5.91 Å². The van der Waals surface area contributed by atoms with Gasteiger partial charge in [-0.1, -0.05) is 51.1 Å². The Morgan fingerprint density at radius 3 is 2.42 bits per heavy atom. The monoisotopic (exact) mass is 353 g/mol. The fourth-order valence-corrected chi connectivity index (χ4v) is 2.52. The zero-order chi connectivity index (χ0) is 17.9. The summed E-state index contributed by atoms with van der Waals surface area (Å²) in [6, 6.07) is 4.69. The van der Waals surface area contributed by atoms with Crippen LogP contribution >= 0.6 is 11.6 Å². The summed E-state index contributed by atoms with van der Waals surface area (Å²) in [4.78, 5) is 22.9. The van der Waals surface area contributed by atoms with Gasteiger partial charge in [0.25, 0.3) is 0 Å². The number of unbranched alkanes of at least 4 members (excludes halogenated alkanes) is 3. The topological polar surface area (TPSA) is 70.2 Å². The van der Waals surface area contributed by atoms with E-state index in [2.05, 4.69) is 29.8 Å². The molecule has 0 atom stereocenters. The van der Waals surface area contributed by atoms with Crippen LogP contribution in [0.25, 0.3) is 0 Å². The van der Waals surface area contributed by atoms with Crippen molar-refractivity contribution in [1.82, 2.24) is 5.32 Å². The van der Waals surface area contributed by atoms with E-state index in [0.717, 1.165) is 18.8 Å². The molecule has 0 saturated carbocycles. The number of anilines is 2. The van der Waals surface area contributed by atoms with Gasteiger partial charge in [-0.25, -0.2) is 4.79 Å². The van der Waals surface area contributed by atoms with Gasteiger partial charge in [0, 0.05) is 19.2 Å². The van der Waals surface area contributed by atoms with Crippen LogP contribution in [-0.2, 0) is 4.79 Å². The van der Waals surface area contributed by atoms with Gasteiger partial charge in [-0.3, -0.25) is 4.79 Å². The SMILES string of the molecule is CC(=O)Nc1ccc(NC(=O)NCCCCCCC(C)C)c(Cl)c1. The molecule has 134 valence electrons. The lowest BCUT2D eigenvalue weighted by Crippen LogP contribution is -2.29. The molecule has 0 unspecified atom stereocenters. The van der Waals surface area contributed by atoms with Gasteiger partial charge in [-0.15, -0.1) is 0 Å². The van der Waals surface area contributed by atoms with E-state index in [1.165, 1.54) is 26.2 Å². The van der Waals surface area contributed by atoms with Gasteiger partial charge >= 0.3 is 6.03 Å². The Bertz CT molecular complexity index is 547. The summed E-state index contributed by atoms with van der Waals surface area (Å²) < 4.78 is 0. The van der Waals surface area contributed by atoms with Gasteiger partial charge in [-0.2, -0.15) is 0 Å². The van der Waals surface area contributed by atoms with Crippen molar-refractivity contribution in [2.45, 2.75) is 52.9 Å². The Morgan fingerprint density at radius 2 is 1.79 bits per heavy atom. The minimum Gasteiger partial charge on any atom is -0.338 e. The molecule has 5 nitrogen and oxygen atoms in total. The van der Waals surface area contributed by atoms with Crippen LogP contribution < -0.4 is 16.0 Å². The number of rotatable bonds is 9. The summed E-state index contributed by atoms with van der Waals surface area (Å²) in [7, 11) is 0. The molecule has 1 aromatic carbocycles. The van der Waals surface area contributed by atoms with Crippen LogP contribution in [0.4, 0.5) is 16.2 Å². The molecule has 0 heterocycles. The first-order chi connectivity index (χ1) is 11.4. The number of hydrogen-bond acceptors (Lipinski definition) is 2. The van der Waals surface area contributed by atoms with E-state index >= 15 is 0 Å². The lowest BCUT2D eigenvalue weighted by molar-refractivity contribution is -0.114. The molecule has 24 heavy (non-hydrogen) atoms. The number of halogens is 1. The van der Waals surface area contributed by atoms with Crippen LogP contribution in [0.3, 0.4) is 0 Å².